The lowest BCUT2D eigenvalue weighted by Crippen LogP contribution is -2.32. The number of nitrogens with zero attached hydrogens (tertiary/aromatic N) is 2. The highest BCUT2D eigenvalue weighted by Gasteiger charge is 2.33. The summed E-state index contributed by atoms with van der Waals surface area (Å²) in [4.78, 5) is 13.1. The van der Waals surface area contributed by atoms with Crippen LogP contribution in [-0.4, -0.2) is 20.9 Å². The summed E-state index contributed by atoms with van der Waals surface area (Å²) in [6.45, 7) is 6.16. The predicted molar refractivity (Wildman–Crippen MR) is 145 cm³/mol. The largest absolute Gasteiger partial charge is 0.421 e. The predicted octanol–water partition coefficient (Wildman–Crippen LogP) is 6.98. The molecular weight excluding hydrogens is 531 g/mol. The van der Waals surface area contributed by atoms with Crippen LogP contribution in [0.4, 0.5) is 5.69 Å². The number of sulfonamides is 1. The Kier molecular flexibility index (Phi) is 7.38. The SMILES string of the molecule is CC(C)(C)c1ccc(C(=O)OC2=C(C#N)CCN(S(=O)(=O)c3ccc(Cl)cc3)c3cc(Cl)ccc32)cc1. The molecule has 37 heavy (non-hydrogen) atoms. The summed E-state index contributed by atoms with van der Waals surface area (Å²) < 4.78 is 34.2. The molecule has 3 aromatic rings. The molecule has 6 nitrogen and oxygen atoms in total. The van der Waals surface area contributed by atoms with E-state index < -0.39 is 16.0 Å². The molecule has 1 aliphatic heterocycles. The number of nitriles is 1. The van der Waals surface area contributed by atoms with Crippen molar-refractivity contribution in [1.29, 1.82) is 5.26 Å². The van der Waals surface area contributed by atoms with Gasteiger partial charge in [-0.2, -0.15) is 5.26 Å². The molecule has 0 aliphatic carbocycles. The van der Waals surface area contributed by atoms with Gasteiger partial charge in [0.15, 0.2) is 5.76 Å². The first-order valence-corrected chi connectivity index (χ1v) is 13.7. The van der Waals surface area contributed by atoms with Gasteiger partial charge in [-0.3, -0.25) is 4.31 Å². The van der Waals surface area contributed by atoms with Crippen molar-refractivity contribution in [2.75, 3.05) is 10.8 Å². The lowest BCUT2D eigenvalue weighted by atomic mass is 9.87. The van der Waals surface area contributed by atoms with Gasteiger partial charge in [0.2, 0.25) is 0 Å². The Labute approximate surface area is 226 Å². The minimum absolute atomic E-state index is 0.00729. The van der Waals surface area contributed by atoms with E-state index in [4.69, 9.17) is 27.9 Å². The van der Waals surface area contributed by atoms with Crippen LogP contribution in [0.2, 0.25) is 10.0 Å². The third kappa shape index (κ3) is 5.52. The number of ether oxygens (including phenoxy) is 1. The second-order valence-corrected chi connectivity index (χ2v) is 12.3. The van der Waals surface area contributed by atoms with E-state index in [1.807, 2.05) is 12.1 Å². The number of esters is 1. The number of benzene rings is 3. The van der Waals surface area contributed by atoms with E-state index in [9.17, 15) is 18.5 Å². The zero-order chi connectivity index (χ0) is 27.0. The molecule has 0 bridgehead atoms. The summed E-state index contributed by atoms with van der Waals surface area (Å²) in [5.41, 5.74) is 1.91. The molecule has 0 atom stereocenters. The maximum Gasteiger partial charge on any atom is 0.343 e. The van der Waals surface area contributed by atoms with Crippen molar-refractivity contribution < 1.29 is 17.9 Å². The molecule has 0 unspecified atom stereocenters. The third-order valence-corrected chi connectivity index (χ3v) is 8.34. The first kappa shape index (κ1) is 26.7. The van der Waals surface area contributed by atoms with Crippen LogP contribution in [0.25, 0.3) is 5.76 Å². The molecule has 0 N–H and O–H groups in total. The highest BCUT2D eigenvalue weighted by atomic mass is 35.5. The lowest BCUT2D eigenvalue weighted by molar-refractivity contribution is 0.0691. The highest BCUT2D eigenvalue weighted by molar-refractivity contribution is 7.92. The Bertz CT molecular complexity index is 1530. The number of fused-ring (bicyclic) bond motifs is 1. The fraction of sp³-hybridized carbons (Fsp3) is 0.214. The smallest absolute Gasteiger partial charge is 0.343 e. The summed E-state index contributed by atoms with van der Waals surface area (Å²) >= 11 is 12.2. The number of halogens is 2. The van der Waals surface area contributed by atoms with Gasteiger partial charge in [0.05, 0.1) is 27.8 Å². The Morgan fingerprint density at radius 1 is 0.973 bits per heavy atom. The average Bonchev–Trinajstić information content (AvgIpc) is 3.00. The fourth-order valence-electron chi connectivity index (χ4n) is 3.98. The standard InChI is InChI=1S/C28H24Cl2N2O4S/c1-28(2,3)20-6-4-18(5-7-20)27(33)36-26-19(17-31)14-15-32(25-16-22(30)10-13-24(25)26)37(34,35)23-11-8-21(29)9-12-23/h4-13,16H,14-15H2,1-3H3. The van der Waals surface area contributed by atoms with Crippen molar-refractivity contribution in [3.8, 4) is 6.07 Å². The minimum Gasteiger partial charge on any atom is -0.421 e. The van der Waals surface area contributed by atoms with Crippen LogP contribution in [0, 0.1) is 11.3 Å². The van der Waals surface area contributed by atoms with Crippen molar-refractivity contribution in [1.82, 2.24) is 0 Å². The number of hydrogen-bond acceptors (Lipinski definition) is 5. The molecule has 3 aromatic carbocycles. The van der Waals surface area contributed by atoms with Crippen LogP contribution in [0.15, 0.2) is 77.2 Å². The number of hydrogen-bond donors (Lipinski definition) is 0. The van der Waals surface area contributed by atoms with Gasteiger partial charge in [0.1, 0.15) is 0 Å². The van der Waals surface area contributed by atoms with E-state index in [0.717, 1.165) is 5.56 Å². The maximum absolute atomic E-state index is 13.6. The van der Waals surface area contributed by atoms with E-state index >= 15 is 0 Å². The maximum atomic E-state index is 13.6. The van der Waals surface area contributed by atoms with Crippen molar-refractivity contribution in [3.05, 3.63) is 99.0 Å². The molecule has 0 aromatic heterocycles. The van der Waals surface area contributed by atoms with Gasteiger partial charge in [-0.05, 0) is 65.6 Å². The van der Waals surface area contributed by atoms with E-state index in [2.05, 4.69) is 26.8 Å². The molecule has 0 amide bonds. The van der Waals surface area contributed by atoms with Gasteiger partial charge >= 0.3 is 5.97 Å². The molecule has 190 valence electrons. The van der Waals surface area contributed by atoms with Crippen molar-refractivity contribution in [3.63, 3.8) is 0 Å². The molecular formula is C28H24Cl2N2O4S. The summed E-state index contributed by atoms with van der Waals surface area (Å²) in [7, 11) is -4.05. The molecule has 0 spiro atoms. The summed E-state index contributed by atoms with van der Waals surface area (Å²) in [6.07, 6.45) is 0.0290. The normalized spacial score (nSPS) is 14.0. The molecule has 9 heteroatoms. The lowest BCUT2D eigenvalue weighted by Gasteiger charge is -2.25. The van der Waals surface area contributed by atoms with Gasteiger partial charge in [0.25, 0.3) is 10.0 Å². The molecule has 4 rings (SSSR count). The fourth-order valence-corrected chi connectivity index (χ4v) is 5.75. The summed E-state index contributed by atoms with van der Waals surface area (Å²) in [6, 6.07) is 19.5. The molecule has 1 aliphatic rings. The van der Waals surface area contributed by atoms with Crippen molar-refractivity contribution >= 4 is 50.6 Å². The van der Waals surface area contributed by atoms with Crippen LogP contribution >= 0.6 is 23.2 Å². The summed E-state index contributed by atoms with van der Waals surface area (Å²) in [5, 5.41) is 10.6. The topological polar surface area (TPSA) is 87.5 Å². The minimum atomic E-state index is -4.05. The van der Waals surface area contributed by atoms with Gasteiger partial charge in [0, 0.05) is 28.6 Å². The Morgan fingerprint density at radius 2 is 1.59 bits per heavy atom. The third-order valence-electron chi connectivity index (χ3n) is 6.03. The van der Waals surface area contributed by atoms with Crippen LogP contribution in [-0.2, 0) is 20.2 Å². The number of carbonyl (C=O) groups excluding carboxylic acids is 1. The Morgan fingerprint density at radius 3 is 2.19 bits per heavy atom. The monoisotopic (exact) mass is 554 g/mol. The van der Waals surface area contributed by atoms with Crippen molar-refractivity contribution in [2.24, 2.45) is 0 Å². The summed E-state index contributed by atoms with van der Waals surface area (Å²) in [5.74, 6) is -0.647. The first-order valence-electron chi connectivity index (χ1n) is 11.5. The average molecular weight is 555 g/mol. The Hall–Kier alpha value is -3.31. The van der Waals surface area contributed by atoms with Crippen LogP contribution in [0.1, 0.15) is 48.7 Å². The zero-order valence-electron chi connectivity index (χ0n) is 20.5. The molecule has 1 heterocycles. The van der Waals surface area contributed by atoms with Crippen LogP contribution in [0.5, 0.6) is 0 Å². The van der Waals surface area contributed by atoms with Crippen molar-refractivity contribution in [2.45, 2.75) is 37.5 Å². The van der Waals surface area contributed by atoms with E-state index in [1.165, 1.54) is 34.6 Å². The molecule has 0 saturated carbocycles. The second-order valence-electron chi connectivity index (χ2n) is 9.58. The van der Waals surface area contributed by atoms with Crippen LogP contribution in [0.3, 0.4) is 0 Å². The van der Waals surface area contributed by atoms with Crippen LogP contribution < -0.4 is 4.31 Å². The van der Waals surface area contributed by atoms with Gasteiger partial charge in [-0.25, -0.2) is 13.2 Å². The van der Waals surface area contributed by atoms with E-state index in [1.54, 1.807) is 24.3 Å². The van der Waals surface area contributed by atoms with E-state index in [0.29, 0.717) is 15.6 Å². The van der Waals surface area contributed by atoms with Gasteiger partial charge < -0.3 is 4.74 Å². The number of rotatable bonds is 4. The second kappa shape index (κ2) is 10.2. The number of carbonyl (C=O) groups is 1. The molecule has 0 radical (unpaired) electrons. The quantitative estimate of drug-likeness (QED) is 0.324. The van der Waals surface area contributed by atoms with E-state index in [-0.39, 0.29) is 45.9 Å². The molecule has 0 fully saturated rings. The van der Waals surface area contributed by atoms with Gasteiger partial charge in [-0.1, -0.05) is 56.1 Å². The molecule has 0 saturated heterocycles. The zero-order valence-corrected chi connectivity index (χ0v) is 22.8. The highest BCUT2D eigenvalue weighted by Crippen LogP contribution is 2.39. The van der Waals surface area contributed by atoms with Gasteiger partial charge in [-0.15, -0.1) is 0 Å². The number of anilines is 1. The first-order chi connectivity index (χ1) is 17.4. The Balaban J connectivity index is 1.76.